The SMILES string of the molecule is O=C(O)C/C=C/C=C(\[O-])O. The Kier molecular flexibility index (Phi) is 3.79. The van der Waals surface area contributed by atoms with Gasteiger partial charge in [-0.3, -0.25) is 4.79 Å². The Morgan fingerprint density at radius 3 is 2.50 bits per heavy atom. The van der Waals surface area contributed by atoms with E-state index >= 15 is 0 Å². The second-order valence-corrected chi connectivity index (χ2v) is 1.53. The van der Waals surface area contributed by atoms with Crippen molar-refractivity contribution in [1.29, 1.82) is 0 Å². The first-order valence-electron chi connectivity index (χ1n) is 2.57. The lowest BCUT2D eigenvalue weighted by atomic mass is 10.4. The number of hydrogen-bond donors (Lipinski definition) is 2. The van der Waals surface area contributed by atoms with Crippen LogP contribution in [0.15, 0.2) is 24.2 Å². The summed E-state index contributed by atoms with van der Waals surface area (Å²) in [5, 5.41) is 25.9. The molecule has 0 heterocycles. The van der Waals surface area contributed by atoms with Crippen molar-refractivity contribution >= 4 is 5.97 Å². The van der Waals surface area contributed by atoms with Gasteiger partial charge in [-0.25, -0.2) is 0 Å². The van der Waals surface area contributed by atoms with Crippen molar-refractivity contribution in [3.05, 3.63) is 24.2 Å². The van der Waals surface area contributed by atoms with E-state index in [1.807, 2.05) is 0 Å². The first-order valence-corrected chi connectivity index (χ1v) is 2.57. The van der Waals surface area contributed by atoms with Crippen LogP contribution in [0, 0.1) is 0 Å². The molecular formula is C6H7O4-. The molecule has 0 aromatic rings. The molecule has 0 spiro atoms. The van der Waals surface area contributed by atoms with Gasteiger partial charge in [-0.15, -0.1) is 0 Å². The Morgan fingerprint density at radius 2 is 2.10 bits per heavy atom. The third kappa shape index (κ3) is 6.55. The Balaban J connectivity index is 3.58. The summed E-state index contributed by atoms with van der Waals surface area (Å²) in [7, 11) is 0. The molecule has 0 aliphatic heterocycles. The van der Waals surface area contributed by atoms with Gasteiger partial charge in [-0.05, 0) is 6.08 Å². The molecule has 0 unspecified atom stereocenters. The van der Waals surface area contributed by atoms with Crippen LogP contribution in [0.2, 0.25) is 0 Å². The van der Waals surface area contributed by atoms with E-state index in [0.717, 1.165) is 6.08 Å². The van der Waals surface area contributed by atoms with Crippen molar-refractivity contribution in [3.63, 3.8) is 0 Å². The summed E-state index contributed by atoms with van der Waals surface area (Å²) in [5.41, 5.74) is 0. The highest BCUT2D eigenvalue weighted by atomic mass is 16.5. The predicted octanol–water partition coefficient (Wildman–Crippen LogP) is -0.223. The second kappa shape index (κ2) is 4.43. The predicted molar refractivity (Wildman–Crippen MR) is 32.1 cm³/mol. The van der Waals surface area contributed by atoms with Gasteiger partial charge in [0.2, 0.25) is 0 Å². The summed E-state index contributed by atoms with van der Waals surface area (Å²) in [6.07, 6.45) is 3.18. The van der Waals surface area contributed by atoms with Crippen molar-refractivity contribution in [3.8, 4) is 0 Å². The van der Waals surface area contributed by atoms with Crippen LogP contribution < -0.4 is 5.11 Å². The number of aliphatic hydroxyl groups excluding tert-OH is 1. The molecule has 4 heteroatoms. The summed E-state index contributed by atoms with van der Waals surface area (Å²) < 4.78 is 0. The average molecular weight is 143 g/mol. The molecule has 0 saturated heterocycles. The fourth-order valence-electron chi connectivity index (χ4n) is 0.319. The highest BCUT2D eigenvalue weighted by Gasteiger charge is 1.86. The Morgan fingerprint density at radius 1 is 1.50 bits per heavy atom. The molecule has 2 N–H and O–H groups in total. The van der Waals surface area contributed by atoms with Gasteiger partial charge in [0.15, 0.2) is 0 Å². The maximum Gasteiger partial charge on any atom is 0.307 e. The minimum absolute atomic E-state index is 0.149. The standard InChI is InChI=1S/C6H8O4/c7-5(8)3-1-2-4-6(9)10/h1-3,7-8H,4H2,(H,9,10)/p-1/b2-1+. The number of carbonyl (C=O) groups is 1. The van der Waals surface area contributed by atoms with E-state index in [9.17, 15) is 9.90 Å². The van der Waals surface area contributed by atoms with E-state index in [1.165, 1.54) is 12.2 Å². The molecule has 0 bridgehead atoms. The number of aliphatic carboxylic acids is 1. The van der Waals surface area contributed by atoms with Gasteiger partial charge < -0.3 is 15.3 Å². The van der Waals surface area contributed by atoms with Crippen molar-refractivity contribution in [2.45, 2.75) is 6.42 Å². The Labute approximate surface area is 57.7 Å². The van der Waals surface area contributed by atoms with Gasteiger partial charge in [-0.1, -0.05) is 12.2 Å². The van der Waals surface area contributed by atoms with Crippen LogP contribution in [0.4, 0.5) is 0 Å². The van der Waals surface area contributed by atoms with Crippen LogP contribution >= 0.6 is 0 Å². The number of carboxylic acids is 1. The Hall–Kier alpha value is -1.45. The molecule has 0 rings (SSSR count). The smallest absolute Gasteiger partial charge is 0.307 e. The number of carboxylic acid groups (broad SMARTS) is 1. The van der Waals surface area contributed by atoms with E-state index in [-0.39, 0.29) is 6.42 Å². The maximum absolute atomic E-state index is 9.83. The van der Waals surface area contributed by atoms with Crippen molar-refractivity contribution < 1.29 is 20.1 Å². The zero-order valence-corrected chi connectivity index (χ0v) is 5.15. The largest absolute Gasteiger partial charge is 0.629 e. The zero-order valence-electron chi connectivity index (χ0n) is 5.15. The molecule has 10 heavy (non-hydrogen) atoms. The molecule has 0 aromatic carbocycles. The number of aliphatic hydroxyl groups is 1. The second-order valence-electron chi connectivity index (χ2n) is 1.53. The lowest BCUT2D eigenvalue weighted by molar-refractivity contribution is -0.348. The molecule has 56 valence electrons. The van der Waals surface area contributed by atoms with Crippen LogP contribution in [0.25, 0.3) is 0 Å². The van der Waals surface area contributed by atoms with E-state index < -0.39 is 11.9 Å². The topological polar surface area (TPSA) is 80.6 Å². The van der Waals surface area contributed by atoms with Crippen LogP contribution in [0.3, 0.4) is 0 Å². The molecule has 0 aliphatic rings. The van der Waals surface area contributed by atoms with Gasteiger partial charge in [0, 0.05) is 5.95 Å². The van der Waals surface area contributed by atoms with Gasteiger partial charge in [0.05, 0.1) is 6.42 Å². The van der Waals surface area contributed by atoms with Crippen molar-refractivity contribution in [2.75, 3.05) is 0 Å². The maximum atomic E-state index is 9.83. The van der Waals surface area contributed by atoms with Crippen molar-refractivity contribution in [2.24, 2.45) is 0 Å². The lowest BCUT2D eigenvalue weighted by Crippen LogP contribution is -1.99. The minimum atomic E-state index is -1.08. The molecule has 0 amide bonds. The number of hydrogen-bond acceptors (Lipinski definition) is 3. The third-order valence-electron chi connectivity index (χ3n) is 0.667. The lowest BCUT2D eigenvalue weighted by Gasteiger charge is -1.91. The highest BCUT2D eigenvalue weighted by molar-refractivity contribution is 5.68. The summed E-state index contributed by atoms with van der Waals surface area (Å²) in [6, 6.07) is 0. The fourth-order valence-corrected chi connectivity index (χ4v) is 0.319. The first kappa shape index (κ1) is 8.55. The van der Waals surface area contributed by atoms with E-state index in [2.05, 4.69) is 0 Å². The van der Waals surface area contributed by atoms with Gasteiger partial charge >= 0.3 is 5.97 Å². The summed E-state index contributed by atoms with van der Waals surface area (Å²) in [4.78, 5) is 9.83. The molecule has 4 nitrogen and oxygen atoms in total. The van der Waals surface area contributed by atoms with Gasteiger partial charge in [0.1, 0.15) is 0 Å². The van der Waals surface area contributed by atoms with Gasteiger partial charge in [-0.2, -0.15) is 0 Å². The molecular weight excluding hydrogens is 136 g/mol. The minimum Gasteiger partial charge on any atom is -0.629 e. The molecule has 0 radical (unpaired) electrons. The fraction of sp³-hybridized carbons (Fsp3) is 0.167. The normalized spacial score (nSPS) is 12.2. The summed E-state index contributed by atoms with van der Waals surface area (Å²) >= 11 is 0. The van der Waals surface area contributed by atoms with Crippen molar-refractivity contribution in [1.82, 2.24) is 0 Å². The molecule has 0 saturated carbocycles. The molecule has 0 atom stereocenters. The monoisotopic (exact) mass is 143 g/mol. The van der Waals surface area contributed by atoms with E-state index in [0.29, 0.717) is 0 Å². The van der Waals surface area contributed by atoms with E-state index in [1.54, 1.807) is 0 Å². The Bertz CT molecular complexity index is 165. The number of allylic oxidation sites excluding steroid dienone is 2. The molecule has 0 aliphatic carbocycles. The van der Waals surface area contributed by atoms with Crippen LogP contribution in [0.5, 0.6) is 0 Å². The third-order valence-corrected chi connectivity index (χ3v) is 0.667. The highest BCUT2D eigenvalue weighted by Crippen LogP contribution is 1.84. The summed E-state index contributed by atoms with van der Waals surface area (Å²) in [5.74, 6) is -2.06. The average Bonchev–Trinajstić information content (AvgIpc) is 1.79. The molecule has 0 aromatic heterocycles. The molecule has 0 fully saturated rings. The van der Waals surface area contributed by atoms with Crippen LogP contribution in [0.1, 0.15) is 6.42 Å². The summed E-state index contributed by atoms with van der Waals surface area (Å²) in [6.45, 7) is 0. The van der Waals surface area contributed by atoms with Gasteiger partial charge in [0.25, 0.3) is 0 Å². The van der Waals surface area contributed by atoms with Crippen LogP contribution in [-0.4, -0.2) is 16.2 Å². The van der Waals surface area contributed by atoms with Crippen LogP contribution in [-0.2, 0) is 4.79 Å². The quantitative estimate of drug-likeness (QED) is 0.422. The number of rotatable bonds is 3. The first-order chi connectivity index (χ1) is 4.63. The zero-order chi connectivity index (χ0) is 7.98. The van der Waals surface area contributed by atoms with E-state index in [4.69, 9.17) is 10.2 Å².